The summed E-state index contributed by atoms with van der Waals surface area (Å²) in [6.45, 7) is 5.56. The highest BCUT2D eigenvalue weighted by Crippen LogP contribution is 2.32. The van der Waals surface area contributed by atoms with Crippen LogP contribution in [0.15, 0.2) is 6.20 Å². The fourth-order valence-electron chi connectivity index (χ4n) is 4.49. The minimum atomic E-state index is -0.231. The van der Waals surface area contributed by atoms with Crippen molar-refractivity contribution < 1.29 is 19.1 Å². The fourth-order valence-corrected chi connectivity index (χ4v) is 4.49. The number of fused-ring (bicyclic) bond motifs is 1. The van der Waals surface area contributed by atoms with Crippen molar-refractivity contribution in [1.82, 2.24) is 24.6 Å². The molecule has 2 amide bonds. The third-order valence-corrected chi connectivity index (χ3v) is 6.03. The number of carbonyl (C=O) groups is 2. The number of pyridine rings is 1. The molecule has 0 bridgehead atoms. The zero-order valence-electron chi connectivity index (χ0n) is 17.3. The molecule has 0 aliphatic carbocycles. The summed E-state index contributed by atoms with van der Waals surface area (Å²) in [7, 11) is 3.38. The Bertz CT molecular complexity index is 948. The van der Waals surface area contributed by atoms with Crippen molar-refractivity contribution in [3.05, 3.63) is 17.5 Å². The van der Waals surface area contributed by atoms with E-state index in [0.717, 1.165) is 30.3 Å². The third kappa shape index (κ3) is 3.18. The van der Waals surface area contributed by atoms with Gasteiger partial charge in [-0.1, -0.05) is 6.92 Å². The van der Waals surface area contributed by atoms with Gasteiger partial charge < -0.3 is 14.4 Å². The largest absolute Gasteiger partial charge is 0.495 e. The average molecular weight is 401 g/mol. The average Bonchev–Trinajstić information content (AvgIpc) is 3.25. The first kappa shape index (κ1) is 19.5. The number of hydrogen-bond acceptors (Lipinski definition) is 6. The first-order valence-corrected chi connectivity index (χ1v) is 10.1. The molecule has 0 spiro atoms. The maximum Gasteiger partial charge on any atom is 0.410 e. The number of nitrogens with zero attached hydrogens (tertiary/aromatic N) is 5. The lowest BCUT2D eigenvalue weighted by Gasteiger charge is -2.37. The van der Waals surface area contributed by atoms with Gasteiger partial charge in [-0.2, -0.15) is 5.10 Å². The zero-order chi connectivity index (χ0) is 20.7. The molecule has 2 aliphatic rings. The summed E-state index contributed by atoms with van der Waals surface area (Å²) in [5.41, 5.74) is 1.91. The number of ether oxygens (including phenoxy) is 2. The van der Waals surface area contributed by atoms with Gasteiger partial charge in [0.2, 0.25) is 0 Å². The van der Waals surface area contributed by atoms with Crippen LogP contribution in [0.25, 0.3) is 11.0 Å². The van der Waals surface area contributed by atoms with Crippen molar-refractivity contribution in [2.24, 2.45) is 7.05 Å². The van der Waals surface area contributed by atoms with Crippen LogP contribution in [0.2, 0.25) is 0 Å². The molecule has 0 saturated carbocycles. The maximum atomic E-state index is 13.2. The van der Waals surface area contributed by atoms with E-state index >= 15 is 0 Å². The molecule has 29 heavy (non-hydrogen) atoms. The van der Waals surface area contributed by atoms with Crippen LogP contribution >= 0.6 is 0 Å². The summed E-state index contributed by atoms with van der Waals surface area (Å²) in [4.78, 5) is 33.5. The zero-order valence-corrected chi connectivity index (χ0v) is 17.3. The van der Waals surface area contributed by atoms with Crippen LogP contribution in [0.4, 0.5) is 4.79 Å². The van der Waals surface area contributed by atoms with Gasteiger partial charge in [0.1, 0.15) is 17.9 Å². The molecule has 9 nitrogen and oxygen atoms in total. The summed E-state index contributed by atoms with van der Waals surface area (Å²) in [6, 6.07) is 0.247. The Hall–Kier alpha value is -2.84. The van der Waals surface area contributed by atoms with Gasteiger partial charge in [0.05, 0.1) is 24.2 Å². The van der Waals surface area contributed by atoms with Gasteiger partial charge in [-0.05, 0) is 26.2 Å². The summed E-state index contributed by atoms with van der Waals surface area (Å²) in [5, 5.41) is 5.15. The molecule has 1 unspecified atom stereocenters. The Morgan fingerprint density at radius 2 is 2.07 bits per heavy atom. The van der Waals surface area contributed by atoms with Gasteiger partial charge in [-0.3, -0.25) is 14.4 Å². The molecule has 1 atom stereocenters. The van der Waals surface area contributed by atoms with E-state index in [-0.39, 0.29) is 24.1 Å². The van der Waals surface area contributed by atoms with Crippen molar-refractivity contribution in [1.29, 1.82) is 0 Å². The summed E-state index contributed by atoms with van der Waals surface area (Å²) < 4.78 is 12.5. The van der Waals surface area contributed by atoms with Gasteiger partial charge in [0, 0.05) is 32.4 Å². The van der Waals surface area contributed by atoms with E-state index in [9.17, 15) is 9.59 Å². The van der Waals surface area contributed by atoms with Gasteiger partial charge in [0.15, 0.2) is 5.65 Å². The highest BCUT2D eigenvalue weighted by molar-refractivity contribution is 6.02. The molecular formula is C20H27N5O4. The lowest BCUT2D eigenvalue weighted by Crippen LogP contribution is -2.49. The summed E-state index contributed by atoms with van der Waals surface area (Å²) in [6.07, 6.45) is 3.69. The first-order chi connectivity index (χ1) is 14.0. The van der Waals surface area contributed by atoms with Crippen LogP contribution in [-0.2, 0) is 11.8 Å². The van der Waals surface area contributed by atoms with Crippen molar-refractivity contribution in [2.75, 3.05) is 26.8 Å². The number of carbonyl (C=O) groups excluding carboxylic acids is 2. The number of methoxy groups -OCH3 is 1. The maximum absolute atomic E-state index is 13.2. The molecule has 156 valence electrons. The molecule has 2 aliphatic heterocycles. The van der Waals surface area contributed by atoms with Crippen molar-refractivity contribution >= 4 is 23.0 Å². The van der Waals surface area contributed by atoms with E-state index in [4.69, 9.17) is 9.47 Å². The Kier molecular flexibility index (Phi) is 5.06. The SMILES string of the molecule is CCC1COC(=O)N1C1CCN(C(=O)c2cnc3c(c(C)nn3C)c2OC)CC1. The number of piperidine rings is 1. The number of amides is 2. The fraction of sp³-hybridized carbons (Fsp3) is 0.600. The Balaban J connectivity index is 1.53. The molecule has 2 aromatic rings. The predicted molar refractivity (Wildman–Crippen MR) is 106 cm³/mol. The molecule has 9 heteroatoms. The molecule has 2 saturated heterocycles. The molecule has 2 aromatic heterocycles. The lowest BCUT2D eigenvalue weighted by atomic mass is 10.0. The van der Waals surface area contributed by atoms with Gasteiger partial charge >= 0.3 is 6.09 Å². The standard InChI is InChI=1S/C20H27N5O4/c1-5-13-11-29-20(27)25(13)14-6-8-24(9-7-14)19(26)15-10-21-18-16(17(15)28-4)12(2)22-23(18)3/h10,13-14H,5-9,11H2,1-4H3. The van der Waals surface area contributed by atoms with Crippen molar-refractivity contribution in [2.45, 2.75) is 45.2 Å². The normalized spacial score (nSPS) is 20.4. The highest BCUT2D eigenvalue weighted by Gasteiger charge is 2.39. The van der Waals surface area contributed by atoms with Crippen LogP contribution in [0, 0.1) is 6.92 Å². The number of hydrogen-bond donors (Lipinski definition) is 0. The van der Waals surface area contributed by atoms with Crippen LogP contribution in [0.1, 0.15) is 42.2 Å². The third-order valence-electron chi connectivity index (χ3n) is 6.03. The number of aromatic nitrogens is 3. The van der Waals surface area contributed by atoms with E-state index in [1.165, 1.54) is 0 Å². The van der Waals surface area contributed by atoms with Crippen LogP contribution < -0.4 is 4.74 Å². The Morgan fingerprint density at radius 3 is 2.72 bits per heavy atom. The number of aryl methyl sites for hydroxylation is 2. The lowest BCUT2D eigenvalue weighted by molar-refractivity contribution is 0.0632. The quantitative estimate of drug-likeness (QED) is 0.780. The van der Waals surface area contributed by atoms with Crippen LogP contribution in [-0.4, -0.2) is 75.5 Å². The molecule has 4 rings (SSSR count). The molecule has 0 N–H and O–H groups in total. The predicted octanol–water partition coefficient (Wildman–Crippen LogP) is 2.12. The molecular weight excluding hydrogens is 374 g/mol. The van der Waals surface area contributed by atoms with Gasteiger partial charge in [-0.15, -0.1) is 0 Å². The summed E-state index contributed by atoms with van der Waals surface area (Å²) in [5.74, 6) is 0.413. The summed E-state index contributed by atoms with van der Waals surface area (Å²) >= 11 is 0. The number of likely N-dealkylation sites (tertiary alicyclic amines) is 1. The molecule has 2 fully saturated rings. The van der Waals surface area contributed by atoms with E-state index < -0.39 is 0 Å². The van der Waals surface area contributed by atoms with Gasteiger partial charge in [0.25, 0.3) is 5.91 Å². The highest BCUT2D eigenvalue weighted by atomic mass is 16.6. The van der Waals surface area contributed by atoms with E-state index in [1.807, 2.05) is 23.8 Å². The molecule has 4 heterocycles. The van der Waals surface area contributed by atoms with Gasteiger partial charge in [-0.25, -0.2) is 9.78 Å². The van der Waals surface area contributed by atoms with Crippen LogP contribution in [0.5, 0.6) is 5.75 Å². The smallest absolute Gasteiger partial charge is 0.410 e. The van der Waals surface area contributed by atoms with E-state index in [1.54, 1.807) is 18.0 Å². The van der Waals surface area contributed by atoms with E-state index in [2.05, 4.69) is 17.0 Å². The minimum Gasteiger partial charge on any atom is -0.495 e. The second-order valence-corrected chi connectivity index (χ2v) is 7.68. The molecule has 0 radical (unpaired) electrons. The second-order valence-electron chi connectivity index (χ2n) is 7.68. The second kappa shape index (κ2) is 7.53. The first-order valence-electron chi connectivity index (χ1n) is 10.1. The molecule has 0 aromatic carbocycles. The Morgan fingerprint density at radius 1 is 1.34 bits per heavy atom. The van der Waals surface area contributed by atoms with Crippen molar-refractivity contribution in [3.63, 3.8) is 0 Å². The monoisotopic (exact) mass is 401 g/mol. The van der Waals surface area contributed by atoms with Crippen LogP contribution in [0.3, 0.4) is 0 Å². The number of rotatable bonds is 4. The van der Waals surface area contributed by atoms with E-state index in [0.29, 0.717) is 36.7 Å². The minimum absolute atomic E-state index is 0.103. The van der Waals surface area contributed by atoms with Crippen molar-refractivity contribution in [3.8, 4) is 5.75 Å². The Labute approximate surface area is 169 Å². The number of cyclic esters (lactones) is 1. The topological polar surface area (TPSA) is 89.8 Å².